The third-order valence-corrected chi connectivity index (χ3v) is 4.66. The highest BCUT2D eigenvalue weighted by Gasteiger charge is 2.16. The zero-order chi connectivity index (χ0) is 14.5. The van der Waals surface area contributed by atoms with Crippen molar-refractivity contribution in [3.05, 3.63) is 29.3 Å². The van der Waals surface area contributed by atoms with Crippen molar-refractivity contribution in [3.63, 3.8) is 0 Å². The Kier molecular flexibility index (Phi) is 5.51. The van der Waals surface area contributed by atoms with Gasteiger partial charge in [0.05, 0.1) is 9.85 Å². The number of aromatic nitrogens is 2. The molecule has 1 amide bonds. The third-order valence-electron chi connectivity index (χ3n) is 2.59. The summed E-state index contributed by atoms with van der Waals surface area (Å²) in [6, 6.07) is 7.41. The second-order valence-corrected chi connectivity index (χ2v) is 6.63. The van der Waals surface area contributed by atoms with Crippen molar-refractivity contribution in [2.45, 2.75) is 24.6 Å². The van der Waals surface area contributed by atoms with Gasteiger partial charge in [0, 0.05) is 5.56 Å². The first-order valence-electron chi connectivity index (χ1n) is 6.15. The van der Waals surface area contributed by atoms with E-state index in [9.17, 15) is 4.79 Å². The molecule has 0 spiro atoms. The number of benzene rings is 1. The largest absolute Gasteiger partial charge is 0.300 e. The van der Waals surface area contributed by atoms with Crippen LogP contribution in [-0.2, 0) is 4.79 Å². The number of halogens is 2. The highest BCUT2D eigenvalue weighted by Crippen LogP contribution is 2.31. The lowest BCUT2D eigenvalue weighted by Gasteiger charge is -2.06. The van der Waals surface area contributed by atoms with Gasteiger partial charge < -0.3 is 0 Å². The monoisotopic (exact) mass is 373 g/mol. The van der Waals surface area contributed by atoms with Crippen LogP contribution in [0.25, 0.3) is 10.6 Å². The minimum atomic E-state index is -0.208. The van der Waals surface area contributed by atoms with Gasteiger partial charge in [-0.3, -0.25) is 10.1 Å². The zero-order valence-corrected chi connectivity index (χ0v) is 13.9. The second-order valence-electron chi connectivity index (χ2n) is 4.14. The highest BCUT2D eigenvalue weighted by atomic mass is 79.9. The summed E-state index contributed by atoms with van der Waals surface area (Å²) in [6.45, 7) is 2.03. The van der Waals surface area contributed by atoms with E-state index in [4.69, 9.17) is 11.6 Å². The number of amides is 1. The van der Waals surface area contributed by atoms with Crippen LogP contribution in [-0.4, -0.2) is 20.9 Å². The molecule has 7 heteroatoms. The van der Waals surface area contributed by atoms with E-state index in [0.29, 0.717) is 15.2 Å². The van der Waals surface area contributed by atoms with Crippen molar-refractivity contribution in [2.75, 3.05) is 5.32 Å². The van der Waals surface area contributed by atoms with Gasteiger partial charge in [-0.05, 0) is 12.5 Å². The van der Waals surface area contributed by atoms with Gasteiger partial charge in [-0.15, -0.1) is 10.2 Å². The number of nitrogens with zero attached hydrogens (tertiary/aromatic N) is 2. The van der Waals surface area contributed by atoms with Gasteiger partial charge in [-0.25, -0.2) is 0 Å². The molecule has 1 unspecified atom stereocenters. The Bertz CT molecular complexity index is 605. The van der Waals surface area contributed by atoms with Gasteiger partial charge in [0.1, 0.15) is 0 Å². The summed E-state index contributed by atoms with van der Waals surface area (Å²) in [5.74, 6) is -0.103. The first-order valence-corrected chi connectivity index (χ1v) is 8.26. The van der Waals surface area contributed by atoms with Crippen LogP contribution < -0.4 is 5.32 Å². The Labute approximate surface area is 134 Å². The van der Waals surface area contributed by atoms with E-state index in [1.165, 1.54) is 11.3 Å². The number of hydrogen-bond acceptors (Lipinski definition) is 4. The van der Waals surface area contributed by atoms with Gasteiger partial charge in [0.25, 0.3) is 0 Å². The van der Waals surface area contributed by atoms with E-state index >= 15 is 0 Å². The smallest absolute Gasteiger partial charge is 0.239 e. The molecule has 0 bridgehead atoms. The number of carbonyl (C=O) groups is 1. The summed E-state index contributed by atoms with van der Waals surface area (Å²) in [4.78, 5) is 11.7. The number of alkyl halides is 1. The van der Waals surface area contributed by atoms with E-state index in [1.54, 1.807) is 6.07 Å². The average molecular weight is 375 g/mol. The molecule has 0 aliphatic rings. The van der Waals surface area contributed by atoms with Crippen molar-refractivity contribution in [1.29, 1.82) is 0 Å². The number of hydrogen-bond donors (Lipinski definition) is 1. The molecule has 0 aliphatic carbocycles. The lowest BCUT2D eigenvalue weighted by molar-refractivity contribution is -0.115. The topological polar surface area (TPSA) is 54.9 Å². The molecule has 0 saturated heterocycles. The molecule has 1 aromatic heterocycles. The zero-order valence-electron chi connectivity index (χ0n) is 10.8. The SMILES string of the molecule is CCCC(Br)C(=O)Nc1nnc(-c2ccccc2Cl)s1. The van der Waals surface area contributed by atoms with Crippen LogP contribution in [0.3, 0.4) is 0 Å². The van der Waals surface area contributed by atoms with Crippen molar-refractivity contribution < 1.29 is 4.79 Å². The fourth-order valence-corrected chi connectivity index (χ4v) is 3.23. The molecule has 0 saturated carbocycles. The van der Waals surface area contributed by atoms with Crippen molar-refractivity contribution in [3.8, 4) is 10.6 Å². The molecule has 0 aliphatic heterocycles. The summed E-state index contributed by atoms with van der Waals surface area (Å²) in [6.07, 6.45) is 1.71. The van der Waals surface area contributed by atoms with Crippen LogP contribution >= 0.6 is 38.9 Å². The lowest BCUT2D eigenvalue weighted by atomic mass is 10.2. The molecule has 1 heterocycles. The molecule has 4 nitrogen and oxygen atoms in total. The first kappa shape index (κ1) is 15.4. The van der Waals surface area contributed by atoms with Crippen LogP contribution in [0.15, 0.2) is 24.3 Å². The van der Waals surface area contributed by atoms with Crippen LogP contribution in [0.5, 0.6) is 0 Å². The van der Waals surface area contributed by atoms with Gasteiger partial charge in [0.15, 0.2) is 5.01 Å². The van der Waals surface area contributed by atoms with Crippen molar-refractivity contribution in [2.24, 2.45) is 0 Å². The Hall–Kier alpha value is -0.980. The molecule has 1 aromatic carbocycles. The van der Waals surface area contributed by atoms with Gasteiger partial charge in [0.2, 0.25) is 11.0 Å². The van der Waals surface area contributed by atoms with E-state index in [2.05, 4.69) is 31.4 Å². The number of rotatable bonds is 5. The molecule has 1 atom stereocenters. The quantitative estimate of drug-likeness (QED) is 0.791. The molecule has 20 heavy (non-hydrogen) atoms. The Morgan fingerprint density at radius 3 is 2.90 bits per heavy atom. The summed E-state index contributed by atoms with van der Waals surface area (Å²) in [5, 5.41) is 12.6. The molecule has 0 fully saturated rings. The molecular formula is C13H13BrClN3OS. The van der Waals surface area contributed by atoms with Gasteiger partial charge >= 0.3 is 0 Å². The van der Waals surface area contributed by atoms with E-state index in [0.717, 1.165) is 18.4 Å². The predicted octanol–water partition coefficient (Wildman–Crippen LogP) is 4.36. The van der Waals surface area contributed by atoms with E-state index in [1.807, 2.05) is 25.1 Å². The number of anilines is 1. The standard InChI is InChI=1S/C13H13BrClN3OS/c1-2-5-9(14)11(19)16-13-18-17-12(20-13)8-6-3-4-7-10(8)15/h3-4,6-7,9H,2,5H2,1H3,(H,16,18,19). The maximum Gasteiger partial charge on any atom is 0.239 e. The maximum absolute atomic E-state index is 11.9. The summed E-state index contributed by atoms with van der Waals surface area (Å²) in [5.41, 5.74) is 0.816. The Morgan fingerprint density at radius 1 is 1.45 bits per heavy atom. The maximum atomic E-state index is 11.9. The van der Waals surface area contributed by atoms with Gasteiger partial charge in [-0.2, -0.15) is 0 Å². The molecular weight excluding hydrogens is 362 g/mol. The van der Waals surface area contributed by atoms with Crippen LogP contribution in [0.4, 0.5) is 5.13 Å². The molecule has 2 rings (SSSR count). The normalized spacial score (nSPS) is 12.2. The van der Waals surface area contributed by atoms with Crippen LogP contribution in [0.2, 0.25) is 5.02 Å². The Morgan fingerprint density at radius 2 is 2.20 bits per heavy atom. The van der Waals surface area contributed by atoms with E-state index in [-0.39, 0.29) is 10.7 Å². The van der Waals surface area contributed by atoms with Crippen LogP contribution in [0, 0.1) is 0 Å². The number of carbonyl (C=O) groups excluding carboxylic acids is 1. The summed E-state index contributed by atoms with van der Waals surface area (Å²) >= 11 is 10.8. The minimum Gasteiger partial charge on any atom is -0.300 e. The molecule has 0 radical (unpaired) electrons. The summed E-state index contributed by atoms with van der Waals surface area (Å²) < 4.78 is 0. The molecule has 1 N–H and O–H groups in total. The van der Waals surface area contributed by atoms with Crippen molar-refractivity contribution in [1.82, 2.24) is 10.2 Å². The fourth-order valence-electron chi connectivity index (χ4n) is 1.59. The van der Waals surface area contributed by atoms with Gasteiger partial charge in [-0.1, -0.05) is 70.4 Å². The summed E-state index contributed by atoms with van der Waals surface area (Å²) in [7, 11) is 0. The van der Waals surface area contributed by atoms with Crippen molar-refractivity contribution >= 4 is 49.9 Å². The minimum absolute atomic E-state index is 0.103. The number of nitrogens with one attached hydrogen (secondary N) is 1. The van der Waals surface area contributed by atoms with Crippen LogP contribution in [0.1, 0.15) is 19.8 Å². The second kappa shape index (κ2) is 7.15. The third kappa shape index (κ3) is 3.77. The highest BCUT2D eigenvalue weighted by molar-refractivity contribution is 9.10. The molecule has 106 valence electrons. The lowest BCUT2D eigenvalue weighted by Crippen LogP contribution is -2.22. The first-order chi connectivity index (χ1) is 9.61. The Balaban J connectivity index is 2.10. The fraction of sp³-hybridized carbons (Fsp3) is 0.308. The molecule has 2 aromatic rings. The average Bonchev–Trinajstić information content (AvgIpc) is 2.87. The van der Waals surface area contributed by atoms with E-state index < -0.39 is 0 Å². The predicted molar refractivity (Wildman–Crippen MR) is 86.6 cm³/mol.